The highest BCUT2D eigenvalue weighted by Crippen LogP contribution is 2.29. The van der Waals surface area contributed by atoms with Gasteiger partial charge in [-0.25, -0.2) is 4.79 Å². The quantitative estimate of drug-likeness (QED) is 0.921. The molecule has 100 valence electrons. The number of ether oxygens (including phenoxy) is 1. The van der Waals surface area contributed by atoms with Crippen LogP contribution in [0.2, 0.25) is 0 Å². The Morgan fingerprint density at radius 1 is 1.15 bits per heavy atom. The number of nitriles is 1. The number of nitrogens with zero attached hydrogens (tertiary/aromatic N) is 1. The molecule has 0 aliphatic rings. The van der Waals surface area contributed by atoms with Crippen molar-refractivity contribution >= 4 is 5.97 Å². The normalized spacial score (nSPS) is 9.85. The molecule has 0 aromatic heterocycles. The zero-order valence-corrected chi connectivity index (χ0v) is 11.2. The molecule has 0 aliphatic carbocycles. The lowest BCUT2D eigenvalue weighted by Gasteiger charge is -2.11. The second kappa shape index (κ2) is 5.45. The molecule has 0 radical (unpaired) electrons. The van der Waals surface area contributed by atoms with Crippen molar-refractivity contribution in [2.45, 2.75) is 13.8 Å². The molecule has 4 heteroatoms. The van der Waals surface area contributed by atoms with E-state index in [1.165, 1.54) is 12.1 Å². The first kappa shape index (κ1) is 13.6. The first-order valence-corrected chi connectivity index (χ1v) is 6.04. The van der Waals surface area contributed by atoms with Gasteiger partial charge in [-0.2, -0.15) is 5.26 Å². The Bertz CT molecular complexity index is 714. The van der Waals surface area contributed by atoms with Gasteiger partial charge in [-0.3, -0.25) is 0 Å². The highest BCUT2D eigenvalue weighted by molar-refractivity contribution is 5.88. The zero-order valence-electron chi connectivity index (χ0n) is 11.2. The van der Waals surface area contributed by atoms with Gasteiger partial charge >= 0.3 is 5.97 Å². The first-order valence-electron chi connectivity index (χ1n) is 6.04. The maximum absolute atomic E-state index is 11.0. The summed E-state index contributed by atoms with van der Waals surface area (Å²) in [6, 6.07) is 12.0. The fourth-order valence-corrected chi connectivity index (χ4v) is 1.77. The summed E-state index contributed by atoms with van der Waals surface area (Å²) in [6.45, 7) is 3.72. The topological polar surface area (TPSA) is 70.3 Å². The van der Waals surface area contributed by atoms with E-state index >= 15 is 0 Å². The Morgan fingerprint density at radius 3 is 2.55 bits per heavy atom. The molecule has 20 heavy (non-hydrogen) atoms. The minimum Gasteiger partial charge on any atom is -0.478 e. The number of aromatic carboxylic acids is 1. The first-order chi connectivity index (χ1) is 9.51. The van der Waals surface area contributed by atoms with Gasteiger partial charge in [0.25, 0.3) is 0 Å². The summed E-state index contributed by atoms with van der Waals surface area (Å²) >= 11 is 0. The fourth-order valence-electron chi connectivity index (χ4n) is 1.77. The van der Waals surface area contributed by atoms with Crippen molar-refractivity contribution in [3.8, 4) is 17.6 Å². The van der Waals surface area contributed by atoms with Gasteiger partial charge in [0, 0.05) is 0 Å². The van der Waals surface area contributed by atoms with Crippen LogP contribution in [0.5, 0.6) is 11.5 Å². The van der Waals surface area contributed by atoms with Crippen molar-refractivity contribution in [2.24, 2.45) is 0 Å². The number of hydrogen-bond acceptors (Lipinski definition) is 3. The van der Waals surface area contributed by atoms with E-state index in [1.54, 1.807) is 18.2 Å². The Kier molecular flexibility index (Phi) is 3.72. The summed E-state index contributed by atoms with van der Waals surface area (Å²) in [5.74, 6) is -0.148. The predicted octanol–water partition coefficient (Wildman–Crippen LogP) is 3.67. The van der Waals surface area contributed by atoms with Crippen LogP contribution in [0.4, 0.5) is 0 Å². The molecule has 0 amide bonds. The molecule has 0 bridgehead atoms. The van der Waals surface area contributed by atoms with Gasteiger partial charge in [-0.1, -0.05) is 12.1 Å². The molecule has 1 N–H and O–H groups in total. The van der Waals surface area contributed by atoms with Gasteiger partial charge in [0.15, 0.2) is 0 Å². The Labute approximate surface area is 116 Å². The van der Waals surface area contributed by atoms with Crippen molar-refractivity contribution in [1.29, 1.82) is 5.26 Å². The average Bonchev–Trinajstić information content (AvgIpc) is 2.41. The van der Waals surface area contributed by atoms with Crippen LogP contribution in [0.25, 0.3) is 0 Å². The van der Waals surface area contributed by atoms with E-state index in [1.807, 2.05) is 19.9 Å². The van der Waals surface area contributed by atoms with Gasteiger partial charge in [-0.15, -0.1) is 0 Å². The third kappa shape index (κ3) is 2.78. The van der Waals surface area contributed by atoms with Crippen LogP contribution in [0.1, 0.15) is 27.0 Å². The molecule has 0 unspecified atom stereocenters. The summed E-state index contributed by atoms with van der Waals surface area (Å²) in [7, 11) is 0. The number of rotatable bonds is 3. The molecule has 0 spiro atoms. The molecule has 2 rings (SSSR count). The number of aryl methyl sites for hydroxylation is 2. The van der Waals surface area contributed by atoms with E-state index in [9.17, 15) is 4.79 Å². The number of carboxylic acids is 1. The number of hydrogen-bond donors (Lipinski definition) is 1. The fraction of sp³-hybridized carbons (Fsp3) is 0.125. The lowest BCUT2D eigenvalue weighted by atomic mass is 10.1. The van der Waals surface area contributed by atoms with Crippen LogP contribution in [-0.4, -0.2) is 11.1 Å². The van der Waals surface area contributed by atoms with Gasteiger partial charge < -0.3 is 9.84 Å². The monoisotopic (exact) mass is 267 g/mol. The summed E-state index contributed by atoms with van der Waals surface area (Å²) in [4.78, 5) is 11.0. The number of benzene rings is 2. The van der Waals surface area contributed by atoms with Crippen molar-refractivity contribution in [3.05, 3.63) is 58.7 Å². The number of carboxylic acid groups (broad SMARTS) is 1. The minimum atomic E-state index is -1.01. The Morgan fingerprint density at radius 2 is 1.90 bits per heavy atom. The van der Waals surface area contributed by atoms with E-state index in [-0.39, 0.29) is 5.56 Å². The average molecular weight is 267 g/mol. The summed E-state index contributed by atoms with van der Waals surface area (Å²) in [5.41, 5.74) is 2.33. The van der Waals surface area contributed by atoms with Crippen molar-refractivity contribution in [3.63, 3.8) is 0 Å². The maximum Gasteiger partial charge on any atom is 0.335 e. The molecule has 2 aromatic carbocycles. The second-order valence-corrected chi connectivity index (χ2v) is 4.50. The second-order valence-electron chi connectivity index (χ2n) is 4.50. The molecule has 0 heterocycles. The zero-order chi connectivity index (χ0) is 14.7. The third-order valence-electron chi connectivity index (χ3n) is 2.91. The van der Waals surface area contributed by atoms with Crippen LogP contribution in [0.15, 0.2) is 36.4 Å². The highest BCUT2D eigenvalue weighted by Gasteiger charge is 2.10. The SMILES string of the molecule is Cc1ccc(C#N)c(Oc2cc(C(=O)O)ccc2C)c1. The van der Waals surface area contributed by atoms with Crippen LogP contribution in [0.3, 0.4) is 0 Å². The largest absolute Gasteiger partial charge is 0.478 e. The summed E-state index contributed by atoms with van der Waals surface area (Å²) in [5, 5.41) is 18.1. The standard InChI is InChI=1S/C16H13NO3/c1-10-3-5-13(9-17)15(7-10)20-14-8-12(16(18)19)6-4-11(14)2/h3-8H,1-2H3,(H,18,19). The molecule has 0 saturated heterocycles. The van der Waals surface area contributed by atoms with Crippen LogP contribution in [0, 0.1) is 25.2 Å². The molecule has 0 aliphatic heterocycles. The Balaban J connectivity index is 2.44. The van der Waals surface area contributed by atoms with Crippen molar-refractivity contribution in [2.75, 3.05) is 0 Å². The van der Waals surface area contributed by atoms with Crippen molar-refractivity contribution in [1.82, 2.24) is 0 Å². The van der Waals surface area contributed by atoms with E-state index in [4.69, 9.17) is 15.1 Å². The Hall–Kier alpha value is -2.80. The molecular formula is C16H13NO3. The molecule has 0 fully saturated rings. The lowest BCUT2D eigenvalue weighted by Crippen LogP contribution is -1.98. The molecule has 2 aromatic rings. The minimum absolute atomic E-state index is 0.150. The van der Waals surface area contributed by atoms with Crippen LogP contribution >= 0.6 is 0 Å². The van der Waals surface area contributed by atoms with Crippen LogP contribution in [-0.2, 0) is 0 Å². The lowest BCUT2D eigenvalue weighted by molar-refractivity contribution is 0.0696. The highest BCUT2D eigenvalue weighted by atomic mass is 16.5. The van der Waals surface area contributed by atoms with Gasteiger partial charge in [-0.05, 0) is 49.2 Å². The van der Waals surface area contributed by atoms with E-state index in [2.05, 4.69) is 6.07 Å². The smallest absolute Gasteiger partial charge is 0.335 e. The van der Waals surface area contributed by atoms with Gasteiger partial charge in [0.2, 0.25) is 0 Å². The predicted molar refractivity (Wildman–Crippen MR) is 74.1 cm³/mol. The summed E-state index contributed by atoms with van der Waals surface area (Å²) in [6.07, 6.45) is 0. The van der Waals surface area contributed by atoms with E-state index in [0.717, 1.165) is 11.1 Å². The molecule has 0 saturated carbocycles. The summed E-state index contributed by atoms with van der Waals surface area (Å²) < 4.78 is 5.72. The van der Waals surface area contributed by atoms with Crippen LogP contribution < -0.4 is 4.74 Å². The third-order valence-corrected chi connectivity index (χ3v) is 2.91. The van der Waals surface area contributed by atoms with Crippen molar-refractivity contribution < 1.29 is 14.6 Å². The molecule has 4 nitrogen and oxygen atoms in total. The van der Waals surface area contributed by atoms with E-state index in [0.29, 0.717) is 17.1 Å². The molecular weight excluding hydrogens is 254 g/mol. The maximum atomic E-state index is 11.0. The van der Waals surface area contributed by atoms with Gasteiger partial charge in [0.05, 0.1) is 11.1 Å². The van der Waals surface area contributed by atoms with E-state index < -0.39 is 5.97 Å². The number of carbonyl (C=O) groups is 1. The van der Waals surface area contributed by atoms with Gasteiger partial charge in [0.1, 0.15) is 17.6 Å². The molecule has 0 atom stereocenters.